The largest absolute Gasteiger partial charge is 0.495 e. The summed E-state index contributed by atoms with van der Waals surface area (Å²) >= 11 is 6.05. The molecule has 2 heterocycles. The van der Waals surface area contributed by atoms with Crippen LogP contribution in [0.25, 0.3) is 5.69 Å². The first kappa shape index (κ1) is 16.6. The Morgan fingerprint density at radius 1 is 1.33 bits per heavy atom. The Morgan fingerprint density at radius 3 is 2.67 bits per heavy atom. The number of carboxylic acid groups (broad SMARTS) is 1. The molecule has 0 radical (unpaired) electrons. The van der Waals surface area contributed by atoms with Crippen LogP contribution in [0.5, 0.6) is 5.75 Å². The molecular weight excluding hydrogens is 332 g/mol. The number of aryl methyl sites for hydroxylation is 1. The molecule has 0 aliphatic carbocycles. The summed E-state index contributed by atoms with van der Waals surface area (Å²) in [5.74, 6) is 2.39. The van der Waals surface area contributed by atoms with E-state index in [4.69, 9.17) is 21.4 Å². The van der Waals surface area contributed by atoms with Gasteiger partial charge < -0.3 is 14.7 Å². The highest BCUT2D eigenvalue weighted by atomic mass is 35.5. The van der Waals surface area contributed by atoms with Crippen molar-refractivity contribution in [2.75, 3.05) is 20.2 Å². The summed E-state index contributed by atoms with van der Waals surface area (Å²) in [5.41, 5.74) is 0.833. The number of aromatic nitrogens is 3. The molecule has 0 bridgehead atoms. The van der Waals surface area contributed by atoms with Gasteiger partial charge in [0.2, 0.25) is 0 Å². The lowest BCUT2D eigenvalue weighted by atomic mass is 9.96. The highest BCUT2D eigenvalue weighted by Crippen LogP contribution is 2.33. The molecule has 7 nitrogen and oxygen atoms in total. The van der Waals surface area contributed by atoms with Gasteiger partial charge in [-0.1, -0.05) is 11.6 Å². The van der Waals surface area contributed by atoms with Gasteiger partial charge in [0.15, 0.2) is 0 Å². The summed E-state index contributed by atoms with van der Waals surface area (Å²) in [5, 5.41) is 18.2. The van der Waals surface area contributed by atoms with Crippen LogP contribution in [0.4, 0.5) is 4.79 Å². The van der Waals surface area contributed by atoms with E-state index < -0.39 is 6.09 Å². The Hall–Kier alpha value is -2.28. The zero-order valence-electron chi connectivity index (χ0n) is 13.6. The molecule has 1 aromatic carbocycles. The molecule has 1 saturated heterocycles. The van der Waals surface area contributed by atoms with Crippen molar-refractivity contribution in [3.8, 4) is 11.4 Å². The van der Waals surface area contributed by atoms with E-state index in [2.05, 4.69) is 10.2 Å². The molecule has 1 aliphatic rings. The highest BCUT2D eigenvalue weighted by Gasteiger charge is 2.28. The van der Waals surface area contributed by atoms with Crippen LogP contribution in [0.1, 0.15) is 30.4 Å². The van der Waals surface area contributed by atoms with E-state index in [1.54, 1.807) is 19.2 Å². The Labute approximate surface area is 144 Å². The van der Waals surface area contributed by atoms with Gasteiger partial charge in [-0.3, -0.25) is 4.57 Å². The van der Waals surface area contributed by atoms with E-state index in [-0.39, 0.29) is 5.92 Å². The molecule has 1 aliphatic heterocycles. The number of methoxy groups -OCH3 is 1. The maximum absolute atomic E-state index is 11.1. The Bertz CT molecular complexity index is 754. The van der Waals surface area contributed by atoms with Crippen LogP contribution in [-0.2, 0) is 0 Å². The van der Waals surface area contributed by atoms with Crippen LogP contribution in [0, 0.1) is 6.92 Å². The molecule has 1 amide bonds. The summed E-state index contributed by atoms with van der Waals surface area (Å²) in [6.45, 7) is 2.89. The predicted molar refractivity (Wildman–Crippen MR) is 89.2 cm³/mol. The number of halogens is 1. The first-order valence-corrected chi connectivity index (χ1v) is 8.12. The average molecular weight is 351 g/mol. The van der Waals surface area contributed by atoms with Gasteiger partial charge in [0.25, 0.3) is 0 Å². The molecule has 0 saturated carbocycles. The van der Waals surface area contributed by atoms with E-state index in [0.29, 0.717) is 23.9 Å². The van der Waals surface area contributed by atoms with Crippen LogP contribution in [0.3, 0.4) is 0 Å². The number of benzene rings is 1. The van der Waals surface area contributed by atoms with Crippen molar-refractivity contribution >= 4 is 17.7 Å². The molecule has 0 spiro atoms. The monoisotopic (exact) mass is 350 g/mol. The van der Waals surface area contributed by atoms with E-state index in [1.165, 1.54) is 4.90 Å². The van der Waals surface area contributed by atoms with Crippen LogP contribution < -0.4 is 4.74 Å². The van der Waals surface area contributed by atoms with Gasteiger partial charge in [-0.2, -0.15) is 0 Å². The summed E-state index contributed by atoms with van der Waals surface area (Å²) in [6.07, 6.45) is 0.575. The minimum atomic E-state index is -0.870. The maximum atomic E-state index is 11.1. The summed E-state index contributed by atoms with van der Waals surface area (Å²) in [4.78, 5) is 12.5. The fourth-order valence-electron chi connectivity index (χ4n) is 3.11. The van der Waals surface area contributed by atoms with Crippen molar-refractivity contribution in [1.29, 1.82) is 0 Å². The fourth-order valence-corrected chi connectivity index (χ4v) is 3.27. The molecule has 3 rings (SSSR count). The second-order valence-electron chi connectivity index (χ2n) is 5.80. The van der Waals surface area contributed by atoms with Gasteiger partial charge >= 0.3 is 6.09 Å². The lowest BCUT2D eigenvalue weighted by Crippen LogP contribution is -2.37. The van der Waals surface area contributed by atoms with Crippen LogP contribution in [0.2, 0.25) is 5.02 Å². The third-order valence-electron chi connectivity index (χ3n) is 4.36. The number of rotatable bonds is 3. The van der Waals surface area contributed by atoms with Crippen molar-refractivity contribution in [2.24, 2.45) is 0 Å². The first-order chi connectivity index (χ1) is 11.5. The summed E-state index contributed by atoms with van der Waals surface area (Å²) in [7, 11) is 1.60. The van der Waals surface area contributed by atoms with Crippen LogP contribution >= 0.6 is 11.6 Å². The van der Waals surface area contributed by atoms with E-state index >= 15 is 0 Å². The molecule has 24 heavy (non-hydrogen) atoms. The minimum Gasteiger partial charge on any atom is -0.495 e. The van der Waals surface area contributed by atoms with E-state index in [0.717, 1.165) is 30.2 Å². The predicted octanol–water partition coefficient (Wildman–Crippen LogP) is 3.10. The topological polar surface area (TPSA) is 80.5 Å². The third kappa shape index (κ3) is 3.03. The molecule has 128 valence electrons. The highest BCUT2D eigenvalue weighted by molar-refractivity contribution is 6.30. The molecule has 1 N–H and O–H groups in total. The molecule has 2 aromatic rings. The van der Waals surface area contributed by atoms with Crippen molar-refractivity contribution in [3.05, 3.63) is 34.9 Å². The second-order valence-corrected chi connectivity index (χ2v) is 6.24. The van der Waals surface area contributed by atoms with Gasteiger partial charge in [0.1, 0.15) is 17.4 Å². The Morgan fingerprint density at radius 2 is 2.04 bits per heavy atom. The number of ether oxygens (including phenoxy) is 1. The number of nitrogens with zero attached hydrogens (tertiary/aromatic N) is 4. The molecule has 0 atom stereocenters. The molecule has 1 fully saturated rings. The van der Waals surface area contributed by atoms with Gasteiger partial charge in [-0.25, -0.2) is 4.79 Å². The second kappa shape index (κ2) is 6.68. The standard InChI is InChI=1S/C16H19ClN4O3/c1-10-18-19-15(11-5-7-20(8-6-11)16(22)23)21(10)13-4-3-12(17)9-14(13)24-2/h3-4,9,11H,5-8H2,1-2H3,(H,22,23). The number of amides is 1. The minimum absolute atomic E-state index is 0.155. The van der Waals surface area contributed by atoms with Gasteiger partial charge in [0, 0.05) is 30.1 Å². The average Bonchev–Trinajstić information content (AvgIpc) is 2.96. The van der Waals surface area contributed by atoms with Gasteiger partial charge in [-0.15, -0.1) is 10.2 Å². The van der Waals surface area contributed by atoms with Gasteiger partial charge in [0.05, 0.1) is 12.8 Å². The lowest BCUT2D eigenvalue weighted by Gasteiger charge is -2.29. The SMILES string of the molecule is COc1cc(Cl)ccc1-n1c(C)nnc1C1CCN(C(=O)O)CC1. The van der Waals surface area contributed by atoms with Crippen molar-refractivity contribution in [3.63, 3.8) is 0 Å². The third-order valence-corrected chi connectivity index (χ3v) is 4.60. The maximum Gasteiger partial charge on any atom is 0.407 e. The molecule has 8 heteroatoms. The van der Waals surface area contributed by atoms with Crippen LogP contribution in [-0.4, -0.2) is 51.1 Å². The smallest absolute Gasteiger partial charge is 0.407 e. The molecule has 1 aromatic heterocycles. The number of carbonyl (C=O) groups is 1. The van der Waals surface area contributed by atoms with Crippen molar-refractivity contribution < 1.29 is 14.6 Å². The zero-order chi connectivity index (χ0) is 17.3. The lowest BCUT2D eigenvalue weighted by molar-refractivity contribution is 0.131. The summed E-state index contributed by atoms with van der Waals surface area (Å²) < 4.78 is 7.42. The fraction of sp³-hybridized carbons (Fsp3) is 0.438. The van der Waals surface area contributed by atoms with E-state index in [1.807, 2.05) is 17.6 Å². The quantitative estimate of drug-likeness (QED) is 0.920. The van der Waals surface area contributed by atoms with Crippen molar-refractivity contribution in [2.45, 2.75) is 25.7 Å². The molecule has 0 unspecified atom stereocenters. The Balaban J connectivity index is 1.95. The van der Waals surface area contributed by atoms with Gasteiger partial charge in [-0.05, 0) is 31.9 Å². The summed E-state index contributed by atoms with van der Waals surface area (Å²) in [6, 6.07) is 5.44. The van der Waals surface area contributed by atoms with Crippen LogP contribution in [0.15, 0.2) is 18.2 Å². The molecular formula is C16H19ClN4O3. The number of hydrogen-bond donors (Lipinski definition) is 1. The number of likely N-dealkylation sites (tertiary alicyclic amines) is 1. The Kier molecular flexibility index (Phi) is 4.62. The van der Waals surface area contributed by atoms with Crippen molar-refractivity contribution in [1.82, 2.24) is 19.7 Å². The zero-order valence-corrected chi connectivity index (χ0v) is 14.3. The normalized spacial score (nSPS) is 15.5. The number of hydrogen-bond acceptors (Lipinski definition) is 4. The van der Waals surface area contributed by atoms with E-state index in [9.17, 15) is 4.79 Å². The first-order valence-electron chi connectivity index (χ1n) is 7.75. The number of piperidine rings is 1.